The van der Waals surface area contributed by atoms with Crippen molar-refractivity contribution >= 4 is 34.4 Å². The van der Waals surface area contributed by atoms with Gasteiger partial charge in [0.15, 0.2) is 5.13 Å². The highest BCUT2D eigenvalue weighted by molar-refractivity contribution is 7.15. The van der Waals surface area contributed by atoms with Gasteiger partial charge >= 0.3 is 5.97 Å². The topological polar surface area (TPSA) is 72.4 Å². The van der Waals surface area contributed by atoms with Gasteiger partial charge in [-0.15, -0.1) is 11.3 Å². The number of hydrogen-bond acceptors (Lipinski definition) is 6. The Morgan fingerprint density at radius 2 is 2.12 bits per heavy atom. The maximum atomic E-state index is 12.2. The maximum Gasteiger partial charge on any atom is 0.311 e. The fraction of sp³-hybridized carbons (Fsp3) is 0.294. The minimum Gasteiger partial charge on any atom is -0.466 e. The van der Waals surface area contributed by atoms with Gasteiger partial charge in [0.1, 0.15) is 0 Å². The number of aromatic nitrogens is 2. The van der Waals surface area contributed by atoms with Crippen LogP contribution in [0.2, 0.25) is 0 Å². The number of amides is 1. The first-order valence-electron chi connectivity index (χ1n) is 7.47. The number of rotatable bonds is 6. The van der Waals surface area contributed by atoms with Gasteiger partial charge in [-0.1, -0.05) is 0 Å². The molecule has 2 heterocycles. The zero-order valence-corrected chi connectivity index (χ0v) is 14.7. The highest BCUT2D eigenvalue weighted by Crippen LogP contribution is 2.22. The molecule has 0 aliphatic rings. The van der Waals surface area contributed by atoms with E-state index in [0.29, 0.717) is 11.7 Å². The summed E-state index contributed by atoms with van der Waals surface area (Å²) in [5.74, 6) is -0.498. The second-order valence-corrected chi connectivity index (χ2v) is 6.21. The van der Waals surface area contributed by atoms with Crippen LogP contribution in [0.25, 0.3) is 6.08 Å². The lowest BCUT2D eigenvalue weighted by molar-refractivity contribution is -0.142. The zero-order chi connectivity index (χ0) is 17.5. The molecule has 0 saturated heterocycles. The molecule has 6 nitrogen and oxygen atoms in total. The number of anilines is 1. The summed E-state index contributed by atoms with van der Waals surface area (Å²) in [5, 5.41) is 0.534. The van der Waals surface area contributed by atoms with Crippen LogP contribution in [0.1, 0.15) is 22.9 Å². The lowest BCUT2D eigenvalue weighted by Gasteiger charge is -2.10. The second-order valence-electron chi connectivity index (χ2n) is 5.12. The largest absolute Gasteiger partial charge is 0.466 e. The van der Waals surface area contributed by atoms with Crippen molar-refractivity contribution in [1.29, 1.82) is 0 Å². The molecule has 0 N–H and O–H groups in total. The Morgan fingerprint density at radius 1 is 1.33 bits per heavy atom. The van der Waals surface area contributed by atoms with Crippen LogP contribution in [-0.2, 0) is 20.7 Å². The van der Waals surface area contributed by atoms with E-state index in [2.05, 4.69) is 9.97 Å². The van der Waals surface area contributed by atoms with E-state index in [-0.39, 0.29) is 18.3 Å². The van der Waals surface area contributed by atoms with Crippen molar-refractivity contribution in [3.8, 4) is 0 Å². The minimum absolute atomic E-state index is 0.165. The molecule has 2 rings (SSSR count). The Balaban J connectivity index is 2.00. The van der Waals surface area contributed by atoms with Gasteiger partial charge < -0.3 is 4.74 Å². The number of carbonyl (C=O) groups is 2. The molecule has 24 heavy (non-hydrogen) atoms. The van der Waals surface area contributed by atoms with Crippen LogP contribution in [0.4, 0.5) is 5.13 Å². The van der Waals surface area contributed by atoms with Crippen molar-refractivity contribution in [2.75, 3.05) is 18.6 Å². The predicted octanol–water partition coefficient (Wildman–Crippen LogP) is 2.63. The van der Waals surface area contributed by atoms with Crippen molar-refractivity contribution in [3.05, 3.63) is 46.7 Å². The number of esters is 1. The SMILES string of the molecule is CCOC(=O)Cc1cnc(N(C)C(=O)C=Cc2cncc(C)c2)s1. The fourth-order valence-corrected chi connectivity index (χ4v) is 2.79. The van der Waals surface area contributed by atoms with E-state index in [1.54, 1.807) is 38.6 Å². The Hall–Kier alpha value is -2.54. The van der Waals surface area contributed by atoms with Gasteiger partial charge in [0, 0.05) is 36.6 Å². The van der Waals surface area contributed by atoms with Crippen LogP contribution in [0.5, 0.6) is 0 Å². The van der Waals surface area contributed by atoms with Gasteiger partial charge in [-0.05, 0) is 37.1 Å². The highest BCUT2D eigenvalue weighted by atomic mass is 32.1. The maximum absolute atomic E-state index is 12.2. The summed E-state index contributed by atoms with van der Waals surface area (Å²) in [7, 11) is 1.65. The normalized spacial score (nSPS) is 10.8. The van der Waals surface area contributed by atoms with Gasteiger partial charge in [-0.3, -0.25) is 19.5 Å². The number of thiazole rings is 1. The summed E-state index contributed by atoms with van der Waals surface area (Å²) in [6.45, 7) is 4.05. The molecule has 0 saturated carbocycles. The molecule has 7 heteroatoms. The quantitative estimate of drug-likeness (QED) is 0.594. The molecule has 0 radical (unpaired) electrons. The predicted molar refractivity (Wildman–Crippen MR) is 93.9 cm³/mol. The van der Waals surface area contributed by atoms with Crippen molar-refractivity contribution in [1.82, 2.24) is 9.97 Å². The van der Waals surface area contributed by atoms with E-state index in [1.807, 2.05) is 13.0 Å². The first-order chi connectivity index (χ1) is 11.5. The average Bonchev–Trinajstić information content (AvgIpc) is 3.00. The monoisotopic (exact) mass is 345 g/mol. The van der Waals surface area contributed by atoms with Crippen LogP contribution in [0.15, 0.2) is 30.7 Å². The third kappa shape index (κ3) is 4.99. The van der Waals surface area contributed by atoms with E-state index >= 15 is 0 Å². The number of pyridine rings is 1. The molecule has 2 aromatic heterocycles. The van der Waals surface area contributed by atoms with Gasteiger partial charge in [0.2, 0.25) is 0 Å². The zero-order valence-electron chi connectivity index (χ0n) is 13.9. The van der Waals surface area contributed by atoms with Gasteiger partial charge in [-0.2, -0.15) is 0 Å². The molecule has 0 unspecified atom stereocenters. The van der Waals surface area contributed by atoms with Gasteiger partial charge in [0.05, 0.1) is 13.0 Å². The first-order valence-corrected chi connectivity index (χ1v) is 8.29. The van der Waals surface area contributed by atoms with Crippen LogP contribution < -0.4 is 4.90 Å². The van der Waals surface area contributed by atoms with Crippen molar-refractivity contribution in [2.45, 2.75) is 20.3 Å². The van der Waals surface area contributed by atoms with Crippen LogP contribution in [-0.4, -0.2) is 35.5 Å². The molecule has 0 aromatic carbocycles. The summed E-state index contributed by atoms with van der Waals surface area (Å²) in [6.07, 6.45) is 8.39. The molecule has 0 aliphatic carbocycles. The molecule has 0 atom stereocenters. The highest BCUT2D eigenvalue weighted by Gasteiger charge is 2.14. The van der Waals surface area contributed by atoms with E-state index in [4.69, 9.17) is 4.74 Å². The molecule has 126 valence electrons. The first kappa shape index (κ1) is 17.8. The third-order valence-corrected chi connectivity index (χ3v) is 4.17. The van der Waals surface area contributed by atoms with Crippen LogP contribution in [0.3, 0.4) is 0 Å². The number of hydrogen-bond donors (Lipinski definition) is 0. The molecular formula is C17H19N3O3S. The smallest absolute Gasteiger partial charge is 0.311 e. The molecule has 1 amide bonds. The third-order valence-electron chi connectivity index (χ3n) is 3.10. The van der Waals surface area contributed by atoms with Crippen molar-refractivity contribution in [2.24, 2.45) is 0 Å². The lowest BCUT2D eigenvalue weighted by Crippen LogP contribution is -2.23. The Bertz CT molecular complexity index is 755. The molecule has 0 aliphatic heterocycles. The average molecular weight is 345 g/mol. The van der Waals surface area contributed by atoms with Crippen LogP contribution in [0, 0.1) is 6.92 Å². The number of carbonyl (C=O) groups excluding carboxylic acids is 2. The molecule has 2 aromatic rings. The molecule has 0 spiro atoms. The summed E-state index contributed by atoms with van der Waals surface area (Å²) in [5.41, 5.74) is 1.89. The number of likely N-dealkylation sites (N-methyl/N-ethyl adjacent to an activating group) is 1. The Morgan fingerprint density at radius 3 is 2.83 bits per heavy atom. The van der Waals surface area contributed by atoms with E-state index in [9.17, 15) is 9.59 Å². The number of aryl methyl sites for hydroxylation is 1. The molecular weight excluding hydrogens is 326 g/mol. The summed E-state index contributed by atoms with van der Waals surface area (Å²) >= 11 is 1.29. The number of nitrogens with zero attached hydrogens (tertiary/aromatic N) is 3. The molecule has 0 fully saturated rings. The van der Waals surface area contributed by atoms with E-state index in [1.165, 1.54) is 22.3 Å². The molecule has 0 bridgehead atoms. The van der Waals surface area contributed by atoms with E-state index < -0.39 is 0 Å². The second kappa shape index (κ2) is 8.35. The van der Waals surface area contributed by atoms with Crippen molar-refractivity contribution in [3.63, 3.8) is 0 Å². The van der Waals surface area contributed by atoms with Crippen LogP contribution >= 0.6 is 11.3 Å². The summed E-state index contributed by atoms with van der Waals surface area (Å²) in [4.78, 5) is 34.2. The Labute approximate surface area is 144 Å². The minimum atomic E-state index is -0.298. The van der Waals surface area contributed by atoms with Gasteiger partial charge in [-0.25, -0.2) is 4.98 Å². The van der Waals surface area contributed by atoms with Gasteiger partial charge in [0.25, 0.3) is 5.91 Å². The summed E-state index contributed by atoms with van der Waals surface area (Å²) < 4.78 is 4.90. The summed E-state index contributed by atoms with van der Waals surface area (Å²) in [6, 6.07) is 1.94. The lowest BCUT2D eigenvalue weighted by atomic mass is 10.2. The number of ether oxygens (including phenoxy) is 1. The van der Waals surface area contributed by atoms with E-state index in [0.717, 1.165) is 16.0 Å². The van der Waals surface area contributed by atoms with Crippen molar-refractivity contribution < 1.29 is 14.3 Å². The Kier molecular flexibility index (Phi) is 6.20. The standard InChI is InChI=1S/C17H19N3O3S/c1-4-23-16(22)8-14-11-19-17(24-14)20(3)15(21)6-5-13-7-12(2)9-18-10-13/h5-7,9-11H,4,8H2,1-3H3. The fourth-order valence-electron chi connectivity index (χ4n) is 1.93.